The second kappa shape index (κ2) is 15.0. The zero-order chi connectivity index (χ0) is 26.4. The quantitative estimate of drug-likeness (QED) is 0.152. The molecule has 6 heteroatoms. The molecule has 0 aliphatic carbocycles. The normalized spacial score (nSPS) is 11.4. The largest absolute Gasteiger partial charge is 0.497 e. The van der Waals surface area contributed by atoms with E-state index in [1.165, 1.54) is 6.08 Å². The number of unbranched alkanes of at least 4 members (excludes halogenated alkanes) is 3. The summed E-state index contributed by atoms with van der Waals surface area (Å²) in [6, 6.07) is 13.7. The number of methoxy groups -OCH3 is 1. The average Bonchev–Trinajstić information content (AvgIpc) is 2.89. The third-order valence-electron chi connectivity index (χ3n) is 6.07. The van der Waals surface area contributed by atoms with Crippen molar-refractivity contribution in [2.75, 3.05) is 26.9 Å². The number of hydrogen-bond acceptors (Lipinski definition) is 6. The van der Waals surface area contributed by atoms with Crippen molar-refractivity contribution in [3.63, 3.8) is 0 Å². The smallest absolute Gasteiger partial charge is 0.330 e. The fourth-order valence-electron chi connectivity index (χ4n) is 3.37. The molecule has 0 bridgehead atoms. The number of carbonyl (C=O) groups is 2. The van der Waals surface area contributed by atoms with Gasteiger partial charge < -0.3 is 18.9 Å². The maximum Gasteiger partial charge on any atom is 0.330 e. The van der Waals surface area contributed by atoms with Crippen molar-refractivity contribution >= 4 is 18.0 Å². The minimum absolute atomic E-state index is 0.144. The molecule has 0 aromatic heterocycles. The van der Waals surface area contributed by atoms with Crippen LogP contribution in [0.5, 0.6) is 11.5 Å². The van der Waals surface area contributed by atoms with Crippen molar-refractivity contribution < 1.29 is 28.5 Å². The number of esters is 2. The Morgan fingerprint density at radius 2 is 1.56 bits per heavy atom. The average molecular weight is 497 g/mol. The molecule has 0 atom stereocenters. The van der Waals surface area contributed by atoms with Gasteiger partial charge in [-0.25, -0.2) is 4.79 Å². The first-order chi connectivity index (χ1) is 17.3. The van der Waals surface area contributed by atoms with Crippen LogP contribution < -0.4 is 9.47 Å². The van der Waals surface area contributed by atoms with E-state index in [0.717, 1.165) is 60.3 Å². The fourth-order valence-corrected chi connectivity index (χ4v) is 3.37. The van der Waals surface area contributed by atoms with E-state index in [9.17, 15) is 9.59 Å². The van der Waals surface area contributed by atoms with Gasteiger partial charge in [0.05, 0.1) is 32.3 Å². The van der Waals surface area contributed by atoms with Crippen molar-refractivity contribution in [1.29, 1.82) is 0 Å². The van der Waals surface area contributed by atoms with Crippen LogP contribution in [-0.2, 0) is 19.1 Å². The van der Waals surface area contributed by atoms with E-state index in [1.807, 2.05) is 70.2 Å². The summed E-state index contributed by atoms with van der Waals surface area (Å²) in [5.74, 6) is 1.03. The Balaban J connectivity index is 1.75. The van der Waals surface area contributed by atoms with Crippen LogP contribution in [0.1, 0.15) is 65.4 Å². The SMILES string of the molecule is CCOc1cc(C=CC(=O)OCCCCCCOC(=O)C(C)(C)CC)ccc1-c1ccc(OC)cc1. The van der Waals surface area contributed by atoms with E-state index >= 15 is 0 Å². The highest BCUT2D eigenvalue weighted by Crippen LogP contribution is 2.32. The molecule has 6 nitrogen and oxygen atoms in total. The molecule has 2 rings (SSSR count). The maximum absolute atomic E-state index is 12.1. The molecule has 0 aliphatic heterocycles. The molecule has 0 N–H and O–H groups in total. The van der Waals surface area contributed by atoms with Gasteiger partial charge in [-0.2, -0.15) is 0 Å². The Labute approximate surface area is 215 Å². The van der Waals surface area contributed by atoms with Crippen molar-refractivity contribution in [3.05, 3.63) is 54.1 Å². The molecule has 2 aromatic rings. The Hall–Kier alpha value is -3.28. The van der Waals surface area contributed by atoms with Crippen LogP contribution in [0.4, 0.5) is 0 Å². The van der Waals surface area contributed by atoms with E-state index in [4.69, 9.17) is 18.9 Å². The second-order valence-corrected chi connectivity index (χ2v) is 9.21. The van der Waals surface area contributed by atoms with Crippen LogP contribution >= 0.6 is 0 Å². The topological polar surface area (TPSA) is 71.1 Å². The third-order valence-corrected chi connectivity index (χ3v) is 6.07. The van der Waals surface area contributed by atoms with Gasteiger partial charge in [0, 0.05) is 11.6 Å². The maximum atomic E-state index is 12.1. The summed E-state index contributed by atoms with van der Waals surface area (Å²) in [7, 11) is 1.64. The van der Waals surface area contributed by atoms with E-state index < -0.39 is 5.41 Å². The molecule has 36 heavy (non-hydrogen) atoms. The predicted molar refractivity (Wildman–Crippen MR) is 143 cm³/mol. The molecule has 196 valence electrons. The fraction of sp³-hybridized carbons (Fsp3) is 0.467. The van der Waals surface area contributed by atoms with E-state index in [-0.39, 0.29) is 11.9 Å². The van der Waals surface area contributed by atoms with E-state index in [1.54, 1.807) is 13.2 Å². The number of rotatable bonds is 15. The van der Waals surface area contributed by atoms with Crippen LogP contribution in [0.2, 0.25) is 0 Å². The lowest BCUT2D eigenvalue weighted by molar-refractivity contribution is -0.154. The van der Waals surface area contributed by atoms with Crippen LogP contribution in [0, 0.1) is 5.41 Å². The summed E-state index contributed by atoms with van der Waals surface area (Å²) in [6.45, 7) is 9.06. The van der Waals surface area contributed by atoms with Gasteiger partial charge in [0.1, 0.15) is 11.5 Å². The zero-order valence-electron chi connectivity index (χ0n) is 22.3. The minimum Gasteiger partial charge on any atom is -0.497 e. The van der Waals surface area contributed by atoms with Crippen LogP contribution in [0.25, 0.3) is 17.2 Å². The van der Waals surface area contributed by atoms with Crippen LogP contribution in [0.3, 0.4) is 0 Å². The first kappa shape index (κ1) is 29.0. The molecule has 0 saturated carbocycles. The molecule has 0 amide bonds. The summed E-state index contributed by atoms with van der Waals surface area (Å²) in [4.78, 5) is 24.0. The lowest BCUT2D eigenvalue weighted by Crippen LogP contribution is -2.26. The minimum atomic E-state index is -0.426. The molecular weight excluding hydrogens is 456 g/mol. The summed E-state index contributed by atoms with van der Waals surface area (Å²) in [6.07, 6.45) is 7.35. The monoisotopic (exact) mass is 496 g/mol. The summed E-state index contributed by atoms with van der Waals surface area (Å²) >= 11 is 0. The molecule has 0 aliphatic rings. The molecular formula is C30H40O6. The lowest BCUT2D eigenvalue weighted by Gasteiger charge is -2.20. The van der Waals surface area contributed by atoms with Gasteiger partial charge in [-0.05, 0) is 88.3 Å². The standard InChI is InChI=1S/C30H40O6/c1-6-30(3,4)29(32)36-21-11-9-8-10-20-35-28(31)19-13-23-12-18-26(27(22-23)34-7-2)24-14-16-25(33-5)17-15-24/h12-19,22H,6-11,20-21H2,1-5H3. The van der Waals surface area contributed by atoms with Gasteiger partial charge in [-0.1, -0.05) is 31.2 Å². The molecule has 0 fully saturated rings. The highest BCUT2D eigenvalue weighted by atomic mass is 16.5. The van der Waals surface area contributed by atoms with Gasteiger partial charge in [0.15, 0.2) is 0 Å². The Morgan fingerprint density at radius 1 is 0.889 bits per heavy atom. The number of benzene rings is 2. The Bertz CT molecular complexity index is 991. The van der Waals surface area contributed by atoms with E-state index in [2.05, 4.69) is 0 Å². The Kier molecular flexibility index (Phi) is 12.0. The molecule has 0 radical (unpaired) electrons. The van der Waals surface area contributed by atoms with Gasteiger partial charge in [-0.15, -0.1) is 0 Å². The van der Waals surface area contributed by atoms with Gasteiger partial charge in [0.25, 0.3) is 0 Å². The highest BCUT2D eigenvalue weighted by Gasteiger charge is 2.26. The van der Waals surface area contributed by atoms with Gasteiger partial charge in [0.2, 0.25) is 0 Å². The highest BCUT2D eigenvalue weighted by molar-refractivity contribution is 5.87. The third kappa shape index (κ3) is 9.40. The van der Waals surface area contributed by atoms with Crippen molar-refractivity contribution in [3.8, 4) is 22.6 Å². The Morgan fingerprint density at radius 3 is 2.17 bits per heavy atom. The first-order valence-electron chi connectivity index (χ1n) is 12.7. The molecule has 0 spiro atoms. The lowest BCUT2D eigenvalue weighted by atomic mass is 9.91. The molecule has 2 aromatic carbocycles. The van der Waals surface area contributed by atoms with Crippen LogP contribution in [-0.4, -0.2) is 38.9 Å². The van der Waals surface area contributed by atoms with E-state index in [0.29, 0.717) is 19.8 Å². The van der Waals surface area contributed by atoms with Crippen molar-refractivity contribution in [2.45, 2.75) is 59.8 Å². The summed E-state index contributed by atoms with van der Waals surface area (Å²) in [5.41, 5.74) is 2.43. The number of carbonyl (C=O) groups excluding carboxylic acids is 2. The van der Waals surface area contributed by atoms with Gasteiger partial charge >= 0.3 is 11.9 Å². The molecule has 0 unspecified atom stereocenters. The zero-order valence-corrected chi connectivity index (χ0v) is 22.3. The number of ether oxygens (including phenoxy) is 4. The number of hydrogen-bond donors (Lipinski definition) is 0. The molecule has 0 saturated heterocycles. The van der Waals surface area contributed by atoms with Gasteiger partial charge in [-0.3, -0.25) is 4.79 Å². The summed E-state index contributed by atoms with van der Waals surface area (Å²) < 4.78 is 21.7. The van der Waals surface area contributed by atoms with Crippen LogP contribution in [0.15, 0.2) is 48.5 Å². The summed E-state index contributed by atoms with van der Waals surface area (Å²) in [5, 5.41) is 0. The molecule has 0 heterocycles. The van der Waals surface area contributed by atoms with Crippen molar-refractivity contribution in [1.82, 2.24) is 0 Å². The predicted octanol–water partition coefficient (Wildman–Crippen LogP) is 6.86. The first-order valence-corrected chi connectivity index (χ1v) is 12.7. The second-order valence-electron chi connectivity index (χ2n) is 9.21. The van der Waals surface area contributed by atoms with Crippen molar-refractivity contribution in [2.24, 2.45) is 5.41 Å².